The second-order valence-electron chi connectivity index (χ2n) is 7.96. The normalized spacial score (nSPS) is 44.3. The Morgan fingerprint density at radius 3 is 2.64 bits per heavy atom. The van der Waals surface area contributed by atoms with Gasteiger partial charge in [-0.1, -0.05) is 15.9 Å². The van der Waals surface area contributed by atoms with Gasteiger partial charge in [0.1, 0.15) is 5.60 Å². The van der Waals surface area contributed by atoms with E-state index in [0.717, 1.165) is 22.7 Å². The van der Waals surface area contributed by atoms with E-state index in [0.29, 0.717) is 16.9 Å². The Bertz CT molecular complexity index is 639. The van der Waals surface area contributed by atoms with Crippen LogP contribution in [0.2, 0.25) is 0 Å². The molecular weight excluding hydrogens is 340 g/mol. The third kappa shape index (κ3) is 1.54. The Labute approximate surface area is 139 Å². The summed E-state index contributed by atoms with van der Waals surface area (Å²) in [5.74, 6) is 2.15. The van der Waals surface area contributed by atoms with Crippen LogP contribution in [0.1, 0.15) is 55.3 Å². The molecule has 3 heteroatoms. The minimum absolute atomic E-state index is 0.105. The predicted octanol–water partition coefficient (Wildman–Crippen LogP) is 4.96. The van der Waals surface area contributed by atoms with Crippen molar-refractivity contribution >= 4 is 21.9 Å². The van der Waals surface area contributed by atoms with Crippen LogP contribution in [0.5, 0.6) is 0 Å². The van der Waals surface area contributed by atoms with Crippen molar-refractivity contribution in [3.8, 4) is 0 Å². The van der Waals surface area contributed by atoms with Crippen LogP contribution in [0.4, 0.5) is 0 Å². The van der Waals surface area contributed by atoms with Crippen molar-refractivity contribution in [3.05, 3.63) is 34.3 Å². The molecule has 4 aliphatic carbocycles. The smallest absolute Gasteiger partial charge is 0.338 e. The van der Waals surface area contributed by atoms with E-state index < -0.39 is 0 Å². The topological polar surface area (TPSA) is 26.3 Å². The Hall–Kier alpha value is -0.830. The molecule has 0 unspecified atom stereocenters. The molecule has 0 amide bonds. The first-order valence-electron chi connectivity index (χ1n) is 8.62. The minimum atomic E-state index is -0.122. The van der Waals surface area contributed by atoms with Gasteiger partial charge in [0.2, 0.25) is 0 Å². The number of carbonyl (C=O) groups excluding carboxylic acids is 1. The van der Waals surface area contributed by atoms with E-state index in [1.807, 2.05) is 24.3 Å². The lowest BCUT2D eigenvalue weighted by Crippen LogP contribution is -2.52. The molecule has 4 bridgehead atoms. The molecule has 5 atom stereocenters. The maximum absolute atomic E-state index is 12.8. The highest BCUT2D eigenvalue weighted by atomic mass is 79.9. The summed E-state index contributed by atoms with van der Waals surface area (Å²) in [6.45, 7) is 0. The van der Waals surface area contributed by atoms with Crippen LogP contribution in [0, 0.1) is 23.2 Å². The molecule has 0 aliphatic heterocycles. The molecule has 0 N–H and O–H groups in total. The van der Waals surface area contributed by atoms with Crippen molar-refractivity contribution < 1.29 is 9.53 Å². The third-order valence-corrected chi connectivity index (χ3v) is 7.84. The van der Waals surface area contributed by atoms with Crippen molar-refractivity contribution in [2.24, 2.45) is 23.2 Å². The average Bonchev–Trinajstić information content (AvgIpc) is 3.24. The number of rotatable bonds is 2. The fraction of sp³-hybridized carbons (Fsp3) is 0.632. The van der Waals surface area contributed by atoms with E-state index in [2.05, 4.69) is 15.9 Å². The number of esters is 1. The largest absolute Gasteiger partial charge is 0.455 e. The molecule has 0 aromatic heterocycles. The quantitative estimate of drug-likeness (QED) is 0.696. The van der Waals surface area contributed by atoms with Crippen molar-refractivity contribution in [1.82, 2.24) is 0 Å². The van der Waals surface area contributed by atoms with Gasteiger partial charge in [-0.25, -0.2) is 4.79 Å². The summed E-state index contributed by atoms with van der Waals surface area (Å²) in [5, 5.41) is 0. The van der Waals surface area contributed by atoms with Crippen molar-refractivity contribution in [2.45, 2.75) is 50.5 Å². The summed E-state index contributed by atoms with van der Waals surface area (Å²) in [6.07, 6.45) is 9.06. The zero-order chi connectivity index (χ0) is 14.9. The third-order valence-electron chi connectivity index (χ3n) is 7.31. The molecule has 1 aromatic rings. The molecule has 1 spiro atoms. The van der Waals surface area contributed by atoms with E-state index in [4.69, 9.17) is 4.74 Å². The number of benzene rings is 1. The maximum Gasteiger partial charge on any atom is 0.338 e. The highest BCUT2D eigenvalue weighted by Gasteiger charge is 2.75. The Kier molecular flexibility index (Phi) is 2.70. The number of hydrogen-bond acceptors (Lipinski definition) is 2. The second kappa shape index (κ2) is 4.37. The van der Waals surface area contributed by atoms with Crippen LogP contribution in [0.15, 0.2) is 28.7 Å². The molecule has 0 radical (unpaired) electrons. The van der Waals surface area contributed by atoms with E-state index in [1.54, 1.807) is 0 Å². The molecule has 4 fully saturated rings. The molecule has 2 nitrogen and oxygen atoms in total. The summed E-state index contributed by atoms with van der Waals surface area (Å²) in [4.78, 5) is 12.8. The molecule has 116 valence electrons. The Balaban J connectivity index is 1.49. The lowest BCUT2D eigenvalue weighted by molar-refractivity contribution is -0.121. The lowest BCUT2D eigenvalue weighted by Gasteiger charge is -2.49. The minimum Gasteiger partial charge on any atom is -0.455 e. The first kappa shape index (κ1) is 13.6. The van der Waals surface area contributed by atoms with E-state index in [1.165, 1.54) is 38.5 Å². The number of hydrogen-bond donors (Lipinski definition) is 0. The number of carbonyl (C=O) groups is 1. The van der Waals surface area contributed by atoms with Gasteiger partial charge in [0.15, 0.2) is 0 Å². The first-order chi connectivity index (χ1) is 10.6. The maximum atomic E-state index is 12.8. The second-order valence-corrected chi connectivity index (χ2v) is 8.88. The van der Waals surface area contributed by atoms with Gasteiger partial charge in [0.25, 0.3) is 0 Å². The molecule has 4 saturated carbocycles. The summed E-state index contributed by atoms with van der Waals surface area (Å²) in [6, 6.07) is 7.59. The fourth-order valence-corrected chi connectivity index (χ4v) is 6.87. The van der Waals surface area contributed by atoms with E-state index >= 15 is 0 Å². The fourth-order valence-electron chi connectivity index (χ4n) is 6.61. The monoisotopic (exact) mass is 360 g/mol. The van der Waals surface area contributed by atoms with Gasteiger partial charge in [-0.05, 0) is 87.0 Å². The van der Waals surface area contributed by atoms with Gasteiger partial charge in [-0.3, -0.25) is 0 Å². The number of halogens is 1. The van der Waals surface area contributed by atoms with Crippen LogP contribution < -0.4 is 0 Å². The summed E-state index contributed by atoms with van der Waals surface area (Å²) >= 11 is 3.43. The van der Waals surface area contributed by atoms with Gasteiger partial charge >= 0.3 is 5.97 Å². The highest BCUT2D eigenvalue weighted by molar-refractivity contribution is 9.10. The summed E-state index contributed by atoms with van der Waals surface area (Å²) in [7, 11) is 0. The zero-order valence-electron chi connectivity index (χ0n) is 12.7. The van der Waals surface area contributed by atoms with Gasteiger partial charge < -0.3 is 4.74 Å². The summed E-state index contributed by atoms with van der Waals surface area (Å²) < 4.78 is 7.35. The molecular formula is C19H21BrO2. The molecule has 5 rings (SSSR count). The standard InChI is InChI=1S/C19H21BrO2/c20-16-5-1-13(2-6-16)17(21)22-19-11-12-7-8-18(19,10-12)14-3-4-15(19)9-14/h1-2,5-6,12,14-15H,3-4,7-11H2/t12-,14-,15-,18+,19+/m0/s1. The molecule has 1 aromatic carbocycles. The predicted molar refractivity (Wildman–Crippen MR) is 87.5 cm³/mol. The van der Waals surface area contributed by atoms with Crippen LogP contribution in [0.3, 0.4) is 0 Å². The van der Waals surface area contributed by atoms with Crippen LogP contribution in [-0.4, -0.2) is 11.6 Å². The molecule has 0 heterocycles. The number of fused-ring (bicyclic) bond motifs is 4. The van der Waals surface area contributed by atoms with Crippen molar-refractivity contribution in [2.75, 3.05) is 0 Å². The molecule has 4 aliphatic rings. The van der Waals surface area contributed by atoms with Gasteiger partial charge in [-0.2, -0.15) is 0 Å². The van der Waals surface area contributed by atoms with Crippen LogP contribution >= 0.6 is 15.9 Å². The molecule has 0 saturated heterocycles. The SMILES string of the molecule is O=C(O[C@@]12C[C@H]3CC[C@@]1(C3)[C@H]1CC[C@H]2C1)c1ccc(Br)cc1. The van der Waals surface area contributed by atoms with E-state index in [9.17, 15) is 4.79 Å². The lowest BCUT2D eigenvalue weighted by atomic mass is 9.63. The Morgan fingerprint density at radius 2 is 1.86 bits per heavy atom. The van der Waals surface area contributed by atoms with Crippen LogP contribution in [-0.2, 0) is 4.74 Å². The average molecular weight is 361 g/mol. The van der Waals surface area contributed by atoms with Gasteiger partial charge in [0.05, 0.1) is 5.56 Å². The zero-order valence-corrected chi connectivity index (χ0v) is 14.3. The van der Waals surface area contributed by atoms with Crippen molar-refractivity contribution in [3.63, 3.8) is 0 Å². The van der Waals surface area contributed by atoms with Gasteiger partial charge in [0, 0.05) is 9.89 Å². The Morgan fingerprint density at radius 1 is 1.09 bits per heavy atom. The van der Waals surface area contributed by atoms with Crippen LogP contribution in [0.25, 0.3) is 0 Å². The van der Waals surface area contributed by atoms with Crippen molar-refractivity contribution in [1.29, 1.82) is 0 Å². The summed E-state index contributed by atoms with van der Waals surface area (Å²) in [5.41, 5.74) is 0.910. The highest BCUT2D eigenvalue weighted by Crippen LogP contribution is 2.76. The molecule has 22 heavy (non-hydrogen) atoms. The van der Waals surface area contributed by atoms with Gasteiger partial charge in [-0.15, -0.1) is 0 Å². The first-order valence-corrected chi connectivity index (χ1v) is 9.41. The van der Waals surface area contributed by atoms with E-state index in [-0.39, 0.29) is 11.6 Å². The number of ether oxygens (including phenoxy) is 1.